The fourth-order valence-electron chi connectivity index (χ4n) is 1.32. The van der Waals surface area contributed by atoms with E-state index in [9.17, 15) is 8.42 Å². The second-order valence-corrected chi connectivity index (χ2v) is 6.04. The van der Waals surface area contributed by atoms with Gasteiger partial charge in [-0.25, -0.2) is 4.72 Å². The molecule has 0 heterocycles. The van der Waals surface area contributed by atoms with Crippen LogP contribution in [0.15, 0.2) is 0 Å². The van der Waals surface area contributed by atoms with Gasteiger partial charge in [0.15, 0.2) is 0 Å². The smallest absolute Gasteiger partial charge is 0.277 e. The van der Waals surface area contributed by atoms with Crippen molar-refractivity contribution in [3.63, 3.8) is 0 Å². The van der Waals surface area contributed by atoms with Crippen LogP contribution in [0.1, 0.15) is 40.5 Å². The van der Waals surface area contributed by atoms with Crippen LogP contribution in [0, 0.1) is 5.92 Å². The third kappa shape index (κ3) is 5.25. The van der Waals surface area contributed by atoms with E-state index in [0.717, 1.165) is 0 Å². The minimum Gasteiger partial charge on any atom is -0.329 e. The molecule has 0 amide bonds. The van der Waals surface area contributed by atoms with Gasteiger partial charge in [-0.3, -0.25) is 0 Å². The molecule has 0 aliphatic rings. The summed E-state index contributed by atoms with van der Waals surface area (Å²) in [6.45, 7) is 8.52. The molecule has 0 fully saturated rings. The minimum absolute atomic E-state index is 0.284. The van der Waals surface area contributed by atoms with Crippen molar-refractivity contribution in [1.29, 1.82) is 0 Å². The molecule has 0 atom stereocenters. The molecular weight excluding hydrogens is 226 g/mol. The van der Waals surface area contributed by atoms with Gasteiger partial charge in [0.05, 0.1) is 0 Å². The lowest BCUT2D eigenvalue weighted by Crippen LogP contribution is -2.56. The van der Waals surface area contributed by atoms with Gasteiger partial charge in [-0.2, -0.15) is 13.1 Å². The molecule has 16 heavy (non-hydrogen) atoms. The summed E-state index contributed by atoms with van der Waals surface area (Å²) in [6, 6.07) is 0. The number of hydrogen-bond donors (Lipinski definition) is 3. The zero-order valence-corrected chi connectivity index (χ0v) is 11.5. The first-order valence-electron chi connectivity index (χ1n) is 5.79. The van der Waals surface area contributed by atoms with Crippen molar-refractivity contribution in [1.82, 2.24) is 9.44 Å². The second-order valence-electron chi connectivity index (χ2n) is 4.54. The first-order chi connectivity index (χ1) is 7.31. The molecule has 0 aromatic carbocycles. The SMILES string of the molecule is CCC(CC)(CN)NS(=O)(=O)NCC(C)C. The fraction of sp³-hybridized carbons (Fsp3) is 1.00. The van der Waals surface area contributed by atoms with E-state index in [0.29, 0.717) is 25.9 Å². The summed E-state index contributed by atoms with van der Waals surface area (Å²) in [5.41, 5.74) is 5.11. The monoisotopic (exact) mass is 251 g/mol. The van der Waals surface area contributed by atoms with Gasteiger partial charge < -0.3 is 5.73 Å². The highest BCUT2D eigenvalue weighted by atomic mass is 32.2. The van der Waals surface area contributed by atoms with E-state index in [1.807, 2.05) is 27.7 Å². The topological polar surface area (TPSA) is 84.2 Å². The van der Waals surface area contributed by atoms with E-state index in [-0.39, 0.29) is 5.92 Å². The standard InChI is InChI=1S/C10H25N3O2S/c1-5-10(6-2,8-11)13-16(14,15)12-7-9(3)4/h9,12-13H,5-8,11H2,1-4H3. The molecule has 0 saturated carbocycles. The average Bonchev–Trinajstić information content (AvgIpc) is 2.24. The van der Waals surface area contributed by atoms with Gasteiger partial charge in [0.2, 0.25) is 0 Å². The Balaban J connectivity index is 4.54. The molecule has 0 unspecified atom stereocenters. The van der Waals surface area contributed by atoms with Crippen molar-refractivity contribution in [2.75, 3.05) is 13.1 Å². The van der Waals surface area contributed by atoms with Crippen LogP contribution >= 0.6 is 0 Å². The molecule has 0 aromatic rings. The van der Waals surface area contributed by atoms with Crippen molar-refractivity contribution in [2.24, 2.45) is 11.7 Å². The van der Waals surface area contributed by atoms with E-state index < -0.39 is 15.7 Å². The van der Waals surface area contributed by atoms with Crippen LogP contribution in [0.2, 0.25) is 0 Å². The van der Waals surface area contributed by atoms with Crippen LogP contribution in [0.25, 0.3) is 0 Å². The molecule has 0 saturated heterocycles. The molecule has 0 radical (unpaired) electrons. The third-order valence-corrected chi connectivity index (χ3v) is 4.03. The molecule has 5 nitrogen and oxygen atoms in total. The van der Waals surface area contributed by atoms with E-state index in [4.69, 9.17) is 5.73 Å². The summed E-state index contributed by atoms with van der Waals surface area (Å²) in [5, 5.41) is 0. The largest absolute Gasteiger partial charge is 0.329 e. The molecule has 0 aromatic heterocycles. The summed E-state index contributed by atoms with van der Waals surface area (Å²) >= 11 is 0. The lowest BCUT2D eigenvalue weighted by molar-refractivity contribution is 0.360. The van der Waals surface area contributed by atoms with E-state index in [1.165, 1.54) is 0 Å². The van der Waals surface area contributed by atoms with E-state index in [1.54, 1.807) is 0 Å². The Bertz CT molecular complexity index is 276. The predicted molar refractivity (Wildman–Crippen MR) is 67.3 cm³/mol. The van der Waals surface area contributed by atoms with Gasteiger partial charge >= 0.3 is 0 Å². The average molecular weight is 251 g/mol. The highest BCUT2D eigenvalue weighted by Gasteiger charge is 2.29. The van der Waals surface area contributed by atoms with Crippen molar-refractivity contribution in [3.05, 3.63) is 0 Å². The van der Waals surface area contributed by atoms with Gasteiger partial charge in [-0.15, -0.1) is 0 Å². The lowest BCUT2D eigenvalue weighted by atomic mass is 9.95. The van der Waals surface area contributed by atoms with Crippen molar-refractivity contribution in [2.45, 2.75) is 46.1 Å². The Hall–Kier alpha value is -0.170. The van der Waals surface area contributed by atoms with Crippen LogP contribution in [-0.2, 0) is 10.2 Å². The quantitative estimate of drug-likeness (QED) is 0.590. The predicted octanol–water partition coefficient (Wildman–Crippen LogP) is 0.584. The molecule has 6 heteroatoms. The molecule has 0 aliphatic carbocycles. The van der Waals surface area contributed by atoms with Crippen LogP contribution in [-0.4, -0.2) is 27.0 Å². The van der Waals surface area contributed by atoms with Gasteiger partial charge in [-0.1, -0.05) is 27.7 Å². The Morgan fingerprint density at radius 3 is 2.06 bits per heavy atom. The number of hydrogen-bond acceptors (Lipinski definition) is 3. The van der Waals surface area contributed by atoms with Crippen molar-refractivity contribution < 1.29 is 8.42 Å². The maximum absolute atomic E-state index is 11.7. The molecule has 0 bridgehead atoms. The second kappa shape index (κ2) is 6.54. The Labute approximate surface area is 99.4 Å². The van der Waals surface area contributed by atoms with Crippen LogP contribution < -0.4 is 15.2 Å². The lowest BCUT2D eigenvalue weighted by Gasteiger charge is -2.31. The summed E-state index contributed by atoms with van der Waals surface area (Å²) in [4.78, 5) is 0. The van der Waals surface area contributed by atoms with Crippen molar-refractivity contribution in [3.8, 4) is 0 Å². The van der Waals surface area contributed by atoms with Gasteiger partial charge in [0.25, 0.3) is 10.2 Å². The highest BCUT2D eigenvalue weighted by Crippen LogP contribution is 2.14. The van der Waals surface area contributed by atoms with Gasteiger partial charge in [-0.05, 0) is 18.8 Å². The summed E-state index contributed by atoms with van der Waals surface area (Å²) in [5.74, 6) is 0.284. The summed E-state index contributed by atoms with van der Waals surface area (Å²) < 4.78 is 28.7. The minimum atomic E-state index is -3.45. The number of nitrogens with one attached hydrogen (secondary N) is 2. The van der Waals surface area contributed by atoms with Gasteiger partial charge in [0, 0.05) is 18.6 Å². The van der Waals surface area contributed by atoms with Crippen LogP contribution in [0.4, 0.5) is 0 Å². The number of rotatable bonds is 8. The Morgan fingerprint density at radius 1 is 1.25 bits per heavy atom. The fourth-order valence-corrected chi connectivity index (χ4v) is 2.89. The zero-order chi connectivity index (χ0) is 12.8. The summed E-state index contributed by atoms with van der Waals surface area (Å²) in [6.07, 6.45) is 1.37. The molecule has 0 rings (SSSR count). The van der Waals surface area contributed by atoms with Crippen LogP contribution in [0.5, 0.6) is 0 Å². The van der Waals surface area contributed by atoms with Crippen LogP contribution in [0.3, 0.4) is 0 Å². The van der Waals surface area contributed by atoms with Gasteiger partial charge in [0.1, 0.15) is 0 Å². The van der Waals surface area contributed by atoms with E-state index >= 15 is 0 Å². The third-order valence-electron chi connectivity index (χ3n) is 2.78. The number of nitrogens with two attached hydrogens (primary N) is 1. The molecule has 98 valence electrons. The molecule has 0 aliphatic heterocycles. The Morgan fingerprint density at radius 2 is 1.75 bits per heavy atom. The molecule has 0 spiro atoms. The zero-order valence-electron chi connectivity index (χ0n) is 10.7. The normalized spacial score (nSPS) is 13.4. The maximum atomic E-state index is 11.7. The highest BCUT2D eigenvalue weighted by molar-refractivity contribution is 7.87. The molecular formula is C10H25N3O2S. The Kier molecular flexibility index (Phi) is 6.47. The van der Waals surface area contributed by atoms with Crippen molar-refractivity contribution >= 4 is 10.2 Å². The first-order valence-corrected chi connectivity index (χ1v) is 7.27. The summed E-state index contributed by atoms with van der Waals surface area (Å²) in [7, 11) is -3.45. The molecule has 4 N–H and O–H groups in total. The maximum Gasteiger partial charge on any atom is 0.277 e. The first kappa shape index (κ1) is 15.8. The van der Waals surface area contributed by atoms with E-state index in [2.05, 4.69) is 9.44 Å².